The van der Waals surface area contributed by atoms with Crippen LogP contribution in [0.25, 0.3) is 0 Å². The lowest BCUT2D eigenvalue weighted by atomic mass is 9.96. The molecule has 0 unspecified atom stereocenters. The molecule has 0 aromatic heterocycles. The maximum Gasteiger partial charge on any atom is -0.00772 e. The molecule has 0 rings (SSSR count). The van der Waals surface area contributed by atoms with Gasteiger partial charge in [-0.15, -0.1) is 0 Å². The van der Waals surface area contributed by atoms with Gasteiger partial charge in [-0.2, -0.15) is 0 Å². The number of rotatable bonds is 4. The second-order valence-electron chi connectivity index (χ2n) is 4.05. The molecule has 0 atom stereocenters. The molecule has 66 valence electrons. The first kappa shape index (κ1) is 10.7. The first-order valence-electron chi connectivity index (χ1n) is 4.44. The maximum absolute atomic E-state index is 5.37. The van der Waals surface area contributed by atoms with Gasteiger partial charge < -0.3 is 5.73 Å². The molecule has 0 heterocycles. The molecule has 0 aliphatic rings. The highest BCUT2D eigenvalue weighted by molar-refractivity contribution is 4.91. The van der Waals surface area contributed by atoms with Crippen molar-refractivity contribution < 1.29 is 0 Å². The summed E-state index contributed by atoms with van der Waals surface area (Å²) in [6, 6.07) is 0. The Balaban J connectivity index is 3.30. The van der Waals surface area contributed by atoms with Crippen molar-refractivity contribution >= 4 is 0 Å². The third-order valence-electron chi connectivity index (χ3n) is 1.44. The lowest BCUT2D eigenvalue weighted by Crippen LogP contribution is -1.99. The fourth-order valence-corrected chi connectivity index (χ4v) is 0.843. The van der Waals surface area contributed by atoms with Crippen LogP contribution in [0.5, 0.6) is 0 Å². The fourth-order valence-electron chi connectivity index (χ4n) is 0.843. The minimum absolute atomic E-state index is 0.336. The Labute approximate surface area is 70.7 Å². The Morgan fingerprint density at radius 1 is 1.18 bits per heavy atom. The number of hydrogen-bond donors (Lipinski definition) is 1. The molecule has 0 aliphatic heterocycles. The molecule has 0 radical (unpaired) electrons. The van der Waals surface area contributed by atoms with Crippen molar-refractivity contribution in [1.29, 1.82) is 0 Å². The zero-order valence-corrected chi connectivity index (χ0v) is 8.06. The van der Waals surface area contributed by atoms with Crippen LogP contribution in [0.1, 0.15) is 40.0 Å². The topological polar surface area (TPSA) is 26.0 Å². The zero-order chi connectivity index (χ0) is 8.74. The Bertz CT molecular complexity index is 109. The van der Waals surface area contributed by atoms with Crippen LogP contribution in [-0.2, 0) is 0 Å². The van der Waals surface area contributed by atoms with Gasteiger partial charge in [0.2, 0.25) is 0 Å². The number of allylic oxidation sites excluding steroid dienone is 2. The summed E-state index contributed by atoms with van der Waals surface area (Å²) < 4.78 is 0. The molecule has 0 aromatic carbocycles. The van der Waals surface area contributed by atoms with Crippen LogP contribution in [0, 0.1) is 5.41 Å². The lowest BCUT2D eigenvalue weighted by Gasteiger charge is -2.10. The largest absolute Gasteiger partial charge is 0.330 e. The highest BCUT2D eigenvalue weighted by Gasteiger charge is 2.02. The second kappa shape index (κ2) is 5.36. The van der Waals surface area contributed by atoms with E-state index in [9.17, 15) is 0 Å². The smallest absolute Gasteiger partial charge is 0.00772 e. The highest BCUT2D eigenvalue weighted by Crippen LogP contribution is 2.15. The molecule has 2 N–H and O–H groups in total. The van der Waals surface area contributed by atoms with Gasteiger partial charge in [0, 0.05) is 0 Å². The minimum atomic E-state index is 0.336. The van der Waals surface area contributed by atoms with Gasteiger partial charge in [0.05, 0.1) is 0 Å². The molecule has 11 heavy (non-hydrogen) atoms. The molecule has 0 aromatic rings. The van der Waals surface area contributed by atoms with Crippen molar-refractivity contribution in [1.82, 2.24) is 0 Å². The van der Waals surface area contributed by atoms with Crippen LogP contribution < -0.4 is 5.73 Å². The van der Waals surface area contributed by atoms with Gasteiger partial charge in [-0.1, -0.05) is 32.9 Å². The van der Waals surface area contributed by atoms with E-state index in [0.717, 1.165) is 13.0 Å². The summed E-state index contributed by atoms with van der Waals surface area (Å²) in [5.41, 5.74) is 5.71. The average molecular weight is 155 g/mol. The van der Waals surface area contributed by atoms with E-state index in [1.165, 1.54) is 12.8 Å². The van der Waals surface area contributed by atoms with Crippen LogP contribution in [-0.4, -0.2) is 6.54 Å². The van der Waals surface area contributed by atoms with E-state index in [1.807, 2.05) is 0 Å². The van der Waals surface area contributed by atoms with Gasteiger partial charge >= 0.3 is 0 Å². The molecule has 0 saturated carbocycles. The normalized spacial score (nSPS) is 12.7. The van der Waals surface area contributed by atoms with Crippen LogP contribution in [0.3, 0.4) is 0 Å². The number of nitrogens with two attached hydrogens (primary N) is 1. The zero-order valence-electron chi connectivity index (χ0n) is 8.06. The first-order valence-corrected chi connectivity index (χ1v) is 4.44. The van der Waals surface area contributed by atoms with Gasteiger partial charge in [0.15, 0.2) is 0 Å². The molecule has 1 heteroatoms. The van der Waals surface area contributed by atoms with Crippen molar-refractivity contribution in [2.75, 3.05) is 6.54 Å². The first-order chi connectivity index (χ1) is 5.06. The summed E-state index contributed by atoms with van der Waals surface area (Å²) in [5.74, 6) is 0. The lowest BCUT2D eigenvalue weighted by molar-refractivity contribution is 0.541. The quantitative estimate of drug-likeness (QED) is 0.490. The summed E-state index contributed by atoms with van der Waals surface area (Å²) >= 11 is 0. The van der Waals surface area contributed by atoms with Crippen LogP contribution >= 0.6 is 0 Å². The standard InChI is InChI=1S/C10H21N/c1-10(2,3)8-6-4-5-7-9-11/h6,8H,4-5,7,9,11H2,1-3H3/b8-6+. The SMILES string of the molecule is CC(C)(C)/C=C/CCCCN. The number of hydrogen-bond acceptors (Lipinski definition) is 1. The third kappa shape index (κ3) is 9.70. The summed E-state index contributed by atoms with van der Waals surface area (Å²) in [7, 11) is 0. The van der Waals surface area contributed by atoms with E-state index in [0.29, 0.717) is 5.41 Å². The summed E-state index contributed by atoms with van der Waals surface area (Å²) in [6.07, 6.45) is 8.07. The monoisotopic (exact) mass is 155 g/mol. The van der Waals surface area contributed by atoms with Gasteiger partial charge in [-0.05, 0) is 31.2 Å². The van der Waals surface area contributed by atoms with Gasteiger partial charge in [0.25, 0.3) is 0 Å². The molecule has 0 aliphatic carbocycles. The predicted molar refractivity (Wildman–Crippen MR) is 51.5 cm³/mol. The van der Waals surface area contributed by atoms with E-state index < -0.39 is 0 Å². The van der Waals surface area contributed by atoms with Crippen LogP contribution in [0.2, 0.25) is 0 Å². The predicted octanol–water partition coefficient (Wildman–Crippen LogP) is 2.72. The highest BCUT2D eigenvalue weighted by atomic mass is 14.5. The van der Waals surface area contributed by atoms with Crippen molar-refractivity contribution in [3.63, 3.8) is 0 Å². The van der Waals surface area contributed by atoms with Crippen LogP contribution in [0.15, 0.2) is 12.2 Å². The molecule has 1 nitrogen and oxygen atoms in total. The van der Waals surface area contributed by atoms with Gasteiger partial charge in [-0.3, -0.25) is 0 Å². The van der Waals surface area contributed by atoms with Gasteiger partial charge in [0.1, 0.15) is 0 Å². The average Bonchev–Trinajstić information content (AvgIpc) is 1.85. The Morgan fingerprint density at radius 2 is 1.82 bits per heavy atom. The Kier molecular flexibility index (Phi) is 5.22. The molecule has 0 fully saturated rings. The van der Waals surface area contributed by atoms with Crippen molar-refractivity contribution in [3.8, 4) is 0 Å². The van der Waals surface area contributed by atoms with Crippen molar-refractivity contribution in [2.45, 2.75) is 40.0 Å². The second-order valence-corrected chi connectivity index (χ2v) is 4.05. The summed E-state index contributed by atoms with van der Waals surface area (Å²) in [4.78, 5) is 0. The maximum atomic E-state index is 5.37. The fraction of sp³-hybridized carbons (Fsp3) is 0.800. The van der Waals surface area contributed by atoms with E-state index >= 15 is 0 Å². The molecular formula is C10H21N. The summed E-state index contributed by atoms with van der Waals surface area (Å²) in [5, 5.41) is 0. The molecule has 0 saturated heterocycles. The van der Waals surface area contributed by atoms with E-state index in [-0.39, 0.29) is 0 Å². The van der Waals surface area contributed by atoms with E-state index in [4.69, 9.17) is 5.73 Å². The molecule has 0 bridgehead atoms. The number of unbranched alkanes of at least 4 members (excludes halogenated alkanes) is 2. The molecule has 0 spiro atoms. The minimum Gasteiger partial charge on any atom is -0.330 e. The molecular weight excluding hydrogens is 134 g/mol. The van der Waals surface area contributed by atoms with Crippen molar-refractivity contribution in [2.24, 2.45) is 11.1 Å². The van der Waals surface area contributed by atoms with E-state index in [2.05, 4.69) is 32.9 Å². The third-order valence-corrected chi connectivity index (χ3v) is 1.44. The van der Waals surface area contributed by atoms with E-state index in [1.54, 1.807) is 0 Å². The Morgan fingerprint density at radius 3 is 2.27 bits per heavy atom. The van der Waals surface area contributed by atoms with Gasteiger partial charge in [-0.25, -0.2) is 0 Å². The van der Waals surface area contributed by atoms with Crippen LogP contribution in [0.4, 0.5) is 0 Å². The van der Waals surface area contributed by atoms with Crippen molar-refractivity contribution in [3.05, 3.63) is 12.2 Å². The Hall–Kier alpha value is -0.300. The molecule has 0 amide bonds. The summed E-state index contributed by atoms with van der Waals surface area (Å²) in [6.45, 7) is 7.47.